The number of hydrogen-bond donors (Lipinski definition) is 1. The van der Waals surface area contributed by atoms with Crippen molar-refractivity contribution in [3.05, 3.63) is 29.3 Å². The van der Waals surface area contributed by atoms with E-state index in [2.05, 4.69) is 20.8 Å². The maximum absolute atomic E-state index is 9.31. The lowest BCUT2D eigenvalue weighted by atomic mass is 9.83. The Bertz CT molecular complexity index is 311. The van der Waals surface area contributed by atoms with E-state index < -0.39 is 0 Å². The van der Waals surface area contributed by atoms with Gasteiger partial charge in [-0.1, -0.05) is 32.9 Å². The van der Waals surface area contributed by atoms with E-state index in [9.17, 15) is 5.11 Å². The summed E-state index contributed by atoms with van der Waals surface area (Å²) < 4.78 is 5.21. The molecule has 1 rings (SSSR count). The summed E-state index contributed by atoms with van der Waals surface area (Å²) in [5, 5.41) is 9.31. The Labute approximate surface area is 85.5 Å². The first-order chi connectivity index (χ1) is 6.50. The Morgan fingerprint density at radius 1 is 1.29 bits per heavy atom. The molecule has 0 aliphatic heterocycles. The van der Waals surface area contributed by atoms with Crippen LogP contribution in [0.1, 0.15) is 31.9 Å². The van der Waals surface area contributed by atoms with Crippen molar-refractivity contribution >= 4 is 0 Å². The first-order valence-electron chi connectivity index (χ1n) is 4.78. The van der Waals surface area contributed by atoms with Crippen molar-refractivity contribution in [1.82, 2.24) is 0 Å². The molecule has 2 nitrogen and oxygen atoms in total. The summed E-state index contributed by atoms with van der Waals surface area (Å²) in [6.45, 7) is 6.40. The molecule has 0 saturated carbocycles. The second-order valence-electron chi connectivity index (χ2n) is 4.39. The largest absolute Gasteiger partial charge is 0.496 e. The zero-order valence-corrected chi connectivity index (χ0v) is 9.29. The van der Waals surface area contributed by atoms with Gasteiger partial charge in [0.15, 0.2) is 0 Å². The van der Waals surface area contributed by atoms with Gasteiger partial charge >= 0.3 is 0 Å². The summed E-state index contributed by atoms with van der Waals surface area (Å²) in [4.78, 5) is 0. The molecule has 0 spiro atoms. The highest BCUT2D eigenvalue weighted by molar-refractivity contribution is 5.43. The van der Waals surface area contributed by atoms with E-state index in [1.807, 2.05) is 18.2 Å². The third-order valence-electron chi connectivity index (χ3n) is 2.32. The molecule has 0 aromatic heterocycles. The molecule has 1 N–H and O–H groups in total. The second kappa shape index (κ2) is 4.01. The number of rotatable bonds is 2. The third kappa shape index (κ3) is 2.07. The summed E-state index contributed by atoms with van der Waals surface area (Å²) in [5.41, 5.74) is 2.06. The van der Waals surface area contributed by atoms with Crippen molar-refractivity contribution in [2.75, 3.05) is 7.11 Å². The molecular formula is C12H18O2. The van der Waals surface area contributed by atoms with Gasteiger partial charge in [0.1, 0.15) is 5.75 Å². The number of hydrogen-bond acceptors (Lipinski definition) is 2. The van der Waals surface area contributed by atoms with Crippen LogP contribution in [-0.2, 0) is 12.0 Å². The third-order valence-corrected chi connectivity index (χ3v) is 2.32. The van der Waals surface area contributed by atoms with Crippen molar-refractivity contribution in [2.24, 2.45) is 0 Å². The number of methoxy groups -OCH3 is 1. The van der Waals surface area contributed by atoms with E-state index in [-0.39, 0.29) is 12.0 Å². The van der Waals surface area contributed by atoms with E-state index in [1.165, 1.54) is 0 Å². The molecule has 0 saturated heterocycles. The van der Waals surface area contributed by atoms with Gasteiger partial charge in [0.2, 0.25) is 0 Å². The molecule has 0 amide bonds. The van der Waals surface area contributed by atoms with Crippen LogP contribution in [0.3, 0.4) is 0 Å². The highest BCUT2D eigenvalue weighted by Gasteiger charge is 2.19. The quantitative estimate of drug-likeness (QED) is 0.783. The number of benzene rings is 1. The Morgan fingerprint density at radius 2 is 1.93 bits per heavy atom. The molecule has 0 aliphatic carbocycles. The van der Waals surface area contributed by atoms with Gasteiger partial charge in [0, 0.05) is 5.56 Å². The summed E-state index contributed by atoms with van der Waals surface area (Å²) in [7, 11) is 1.63. The topological polar surface area (TPSA) is 29.5 Å². The van der Waals surface area contributed by atoms with Gasteiger partial charge in [-0.2, -0.15) is 0 Å². The van der Waals surface area contributed by atoms with E-state index in [0.717, 1.165) is 16.9 Å². The van der Waals surface area contributed by atoms with Gasteiger partial charge < -0.3 is 9.84 Å². The van der Waals surface area contributed by atoms with Crippen LogP contribution in [0.5, 0.6) is 5.75 Å². The summed E-state index contributed by atoms with van der Waals surface area (Å²) >= 11 is 0. The van der Waals surface area contributed by atoms with Gasteiger partial charge in [0.25, 0.3) is 0 Å². The zero-order valence-electron chi connectivity index (χ0n) is 9.29. The second-order valence-corrected chi connectivity index (χ2v) is 4.39. The molecule has 1 aromatic carbocycles. The normalized spacial score (nSPS) is 11.5. The molecule has 0 heterocycles. The van der Waals surface area contributed by atoms with Crippen molar-refractivity contribution < 1.29 is 9.84 Å². The zero-order chi connectivity index (χ0) is 10.8. The Morgan fingerprint density at radius 3 is 2.36 bits per heavy atom. The number of ether oxygens (including phenoxy) is 1. The minimum atomic E-state index is 0.0244. The molecule has 0 unspecified atom stereocenters. The van der Waals surface area contributed by atoms with Crippen LogP contribution in [0.4, 0.5) is 0 Å². The summed E-state index contributed by atoms with van der Waals surface area (Å²) in [6, 6.07) is 5.87. The molecule has 0 bridgehead atoms. The molecule has 1 aromatic rings. The van der Waals surface area contributed by atoms with E-state index in [0.29, 0.717) is 0 Å². The molecule has 78 valence electrons. The monoisotopic (exact) mass is 194 g/mol. The van der Waals surface area contributed by atoms with Crippen molar-refractivity contribution in [2.45, 2.75) is 32.8 Å². The van der Waals surface area contributed by atoms with Gasteiger partial charge in [0.05, 0.1) is 13.7 Å². The molecule has 0 atom stereocenters. The lowest BCUT2D eigenvalue weighted by molar-refractivity contribution is 0.270. The summed E-state index contributed by atoms with van der Waals surface area (Å²) in [6.07, 6.45) is 0. The Kier molecular flexibility index (Phi) is 3.17. The fraction of sp³-hybridized carbons (Fsp3) is 0.500. The SMILES string of the molecule is COc1cccc(C(C)(C)C)c1CO. The molecule has 2 heteroatoms. The molecule has 14 heavy (non-hydrogen) atoms. The van der Waals surface area contributed by atoms with Crippen molar-refractivity contribution in [1.29, 1.82) is 0 Å². The molecule has 0 aliphatic rings. The maximum Gasteiger partial charge on any atom is 0.124 e. The number of aliphatic hydroxyl groups excluding tert-OH is 1. The van der Waals surface area contributed by atoms with Crippen molar-refractivity contribution in [3.63, 3.8) is 0 Å². The fourth-order valence-corrected chi connectivity index (χ4v) is 1.62. The van der Waals surface area contributed by atoms with Gasteiger partial charge in [-0.15, -0.1) is 0 Å². The van der Waals surface area contributed by atoms with E-state index in [1.54, 1.807) is 7.11 Å². The van der Waals surface area contributed by atoms with Gasteiger partial charge in [-0.3, -0.25) is 0 Å². The minimum Gasteiger partial charge on any atom is -0.496 e. The smallest absolute Gasteiger partial charge is 0.124 e. The first-order valence-corrected chi connectivity index (χ1v) is 4.78. The number of aliphatic hydroxyl groups is 1. The highest BCUT2D eigenvalue weighted by atomic mass is 16.5. The first kappa shape index (κ1) is 11.1. The van der Waals surface area contributed by atoms with E-state index in [4.69, 9.17) is 4.74 Å². The highest BCUT2D eigenvalue weighted by Crippen LogP contribution is 2.31. The molecular weight excluding hydrogens is 176 g/mol. The Hall–Kier alpha value is -1.02. The van der Waals surface area contributed by atoms with Gasteiger partial charge in [-0.25, -0.2) is 0 Å². The van der Waals surface area contributed by atoms with Crippen LogP contribution < -0.4 is 4.74 Å². The van der Waals surface area contributed by atoms with Crippen LogP contribution in [0.2, 0.25) is 0 Å². The Balaban J connectivity index is 3.29. The molecule has 0 radical (unpaired) electrons. The van der Waals surface area contributed by atoms with Crippen LogP contribution in [0.25, 0.3) is 0 Å². The van der Waals surface area contributed by atoms with E-state index >= 15 is 0 Å². The minimum absolute atomic E-state index is 0.0244. The van der Waals surface area contributed by atoms with Crippen LogP contribution in [0.15, 0.2) is 18.2 Å². The predicted octanol–water partition coefficient (Wildman–Crippen LogP) is 2.49. The standard InChI is InChI=1S/C12H18O2/c1-12(2,3)10-6-5-7-11(14-4)9(10)8-13/h5-7,13H,8H2,1-4H3. The maximum atomic E-state index is 9.31. The summed E-state index contributed by atoms with van der Waals surface area (Å²) in [5.74, 6) is 0.764. The van der Waals surface area contributed by atoms with Crippen LogP contribution in [0, 0.1) is 0 Å². The predicted molar refractivity (Wildman–Crippen MR) is 57.6 cm³/mol. The van der Waals surface area contributed by atoms with Crippen LogP contribution >= 0.6 is 0 Å². The van der Waals surface area contributed by atoms with Crippen molar-refractivity contribution in [3.8, 4) is 5.75 Å². The van der Waals surface area contributed by atoms with Gasteiger partial charge in [-0.05, 0) is 17.0 Å². The molecule has 0 fully saturated rings. The fourth-order valence-electron chi connectivity index (χ4n) is 1.62. The average Bonchev–Trinajstić information content (AvgIpc) is 2.15. The van der Waals surface area contributed by atoms with Crippen LogP contribution in [-0.4, -0.2) is 12.2 Å². The lowest BCUT2D eigenvalue weighted by Gasteiger charge is -2.23. The average molecular weight is 194 g/mol. The lowest BCUT2D eigenvalue weighted by Crippen LogP contribution is -2.14.